The van der Waals surface area contributed by atoms with E-state index in [-0.39, 0.29) is 0 Å². The fourth-order valence-electron chi connectivity index (χ4n) is 2.84. The average molecular weight is 252 g/mol. The maximum atomic E-state index is 5.35. The molecule has 1 saturated heterocycles. The van der Waals surface area contributed by atoms with E-state index in [2.05, 4.69) is 26.7 Å². The summed E-state index contributed by atoms with van der Waals surface area (Å²) in [5.41, 5.74) is 0. The van der Waals surface area contributed by atoms with Crippen molar-refractivity contribution >= 4 is 12.2 Å². The van der Waals surface area contributed by atoms with Gasteiger partial charge in [-0.05, 0) is 57.4 Å². The second-order valence-electron chi connectivity index (χ2n) is 5.54. The van der Waals surface area contributed by atoms with E-state index in [1.54, 1.807) is 0 Å². The minimum atomic E-state index is 0.671. The zero-order valence-electron chi connectivity index (χ0n) is 10.4. The summed E-state index contributed by atoms with van der Waals surface area (Å²) in [4.78, 5) is 2.43. The van der Waals surface area contributed by atoms with Crippen LogP contribution in [0.25, 0.3) is 0 Å². The highest BCUT2D eigenvalue weighted by molar-refractivity contribution is 7.71. The Kier molecular flexibility index (Phi) is 3.04. The number of hydrogen-bond acceptors (Lipinski definition) is 3. The van der Waals surface area contributed by atoms with E-state index in [1.807, 2.05) is 0 Å². The molecule has 17 heavy (non-hydrogen) atoms. The topological polar surface area (TPSA) is 36.9 Å². The molecule has 1 N–H and O–H groups in total. The van der Waals surface area contributed by atoms with Crippen molar-refractivity contribution in [2.75, 3.05) is 20.1 Å². The van der Waals surface area contributed by atoms with Crippen LogP contribution in [0.5, 0.6) is 0 Å². The van der Waals surface area contributed by atoms with Crippen molar-refractivity contribution < 1.29 is 0 Å². The molecule has 1 saturated carbocycles. The van der Waals surface area contributed by atoms with Crippen molar-refractivity contribution in [1.29, 1.82) is 0 Å². The van der Waals surface area contributed by atoms with Gasteiger partial charge in [0.2, 0.25) is 0 Å². The van der Waals surface area contributed by atoms with Crippen molar-refractivity contribution in [1.82, 2.24) is 19.7 Å². The van der Waals surface area contributed by atoms with Crippen LogP contribution in [0.15, 0.2) is 0 Å². The molecule has 2 aliphatic rings. The minimum absolute atomic E-state index is 0.671. The number of nitrogens with one attached hydrogen (secondary N) is 1. The van der Waals surface area contributed by atoms with Gasteiger partial charge in [0.15, 0.2) is 4.77 Å². The third kappa shape index (κ3) is 2.45. The quantitative estimate of drug-likeness (QED) is 0.838. The highest BCUT2D eigenvalue weighted by Gasteiger charge is 2.30. The van der Waals surface area contributed by atoms with E-state index in [0.29, 0.717) is 5.92 Å². The molecule has 0 amide bonds. The van der Waals surface area contributed by atoms with Gasteiger partial charge in [-0.1, -0.05) is 0 Å². The lowest BCUT2D eigenvalue weighted by atomic mass is 9.98. The van der Waals surface area contributed by atoms with Crippen LogP contribution in [-0.4, -0.2) is 39.8 Å². The van der Waals surface area contributed by atoms with Crippen molar-refractivity contribution in [2.24, 2.45) is 5.92 Å². The average Bonchev–Trinajstić information content (AvgIpc) is 3.07. The number of aromatic nitrogens is 3. The molecule has 0 bridgehead atoms. The summed E-state index contributed by atoms with van der Waals surface area (Å²) in [6, 6.07) is 0. The maximum absolute atomic E-state index is 5.35. The number of nitrogens with zero attached hydrogens (tertiary/aromatic N) is 3. The van der Waals surface area contributed by atoms with Crippen LogP contribution < -0.4 is 0 Å². The predicted molar refractivity (Wildman–Crippen MR) is 69.6 cm³/mol. The van der Waals surface area contributed by atoms with Gasteiger partial charge in [-0.25, -0.2) is 0 Å². The van der Waals surface area contributed by atoms with Gasteiger partial charge < -0.3 is 9.47 Å². The zero-order valence-corrected chi connectivity index (χ0v) is 11.2. The number of rotatable bonds is 3. The minimum Gasteiger partial charge on any atom is -0.306 e. The molecule has 2 fully saturated rings. The molecule has 94 valence electrons. The summed E-state index contributed by atoms with van der Waals surface area (Å²) in [5, 5.41) is 7.36. The van der Waals surface area contributed by atoms with Crippen molar-refractivity contribution in [2.45, 2.75) is 38.1 Å². The number of H-pyrrole nitrogens is 1. The van der Waals surface area contributed by atoms with Gasteiger partial charge in [-0.3, -0.25) is 5.10 Å². The molecule has 3 rings (SSSR count). The van der Waals surface area contributed by atoms with Crippen LogP contribution in [0.2, 0.25) is 0 Å². The van der Waals surface area contributed by atoms with E-state index >= 15 is 0 Å². The SMILES string of the molecule is CN1CCCC(Cn2c(C3CC3)n[nH]c2=S)C1. The number of hydrogen-bond donors (Lipinski definition) is 1. The van der Waals surface area contributed by atoms with Gasteiger partial charge in [0.1, 0.15) is 5.82 Å². The molecule has 0 radical (unpaired) electrons. The van der Waals surface area contributed by atoms with Crippen LogP contribution in [0.3, 0.4) is 0 Å². The summed E-state index contributed by atoms with van der Waals surface area (Å²) in [6.45, 7) is 3.48. The molecule has 2 heterocycles. The molecule has 4 nitrogen and oxygen atoms in total. The molecule has 1 aliphatic heterocycles. The van der Waals surface area contributed by atoms with Crippen molar-refractivity contribution in [3.63, 3.8) is 0 Å². The van der Waals surface area contributed by atoms with Gasteiger partial charge in [-0.2, -0.15) is 5.10 Å². The monoisotopic (exact) mass is 252 g/mol. The van der Waals surface area contributed by atoms with Gasteiger partial charge >= 0.3 is 0 Å². The molecule has 1 aromatic heterocycles. The van der Waals surface area contributed by atoms with E-state index in [0.717, 1.165) is 17.2 Å². The van der Waals surface area contributed by atoms with Gasteiger partial charge in [0.25, 0.3) is 0 Å². The standard InChI is InChI=1S/C12H20N4S/c1-15-6-2-3-9(7-15)8-16-11(10-4-5-10)13-14-12(16)17/h9-10H,2-8H2,1H3,(H,14,17). The lowest BCUT2D eigenvalue weighted by Gasteiger charge is -2.30. The molecule has 0 aromatic carbocycles. The van der Waals surface area contributed by atoms with E-state index < -0.39 is 0 Å². The molecular formula is C12H20N4S. The molecule has 1 unspecified atom stereocenters. The first-order valence-corrected chi connectivity index (χ1v) is 6.98. The van der Waals surface area contributed by atoms with Crippen LogP contribution in [0, 0.1) is 10.7 Å². The summed E-state index contributed by atoms with van der Waals surface area (Å²) < 4.78 is 3.05. The Hall–Kier alpha value is -0.680. The van der Waals surface area contributed by atoms with Crippen LogP contribution in [0.1, 0.15) is 37.4 Å². The smallest absolute Gasteiger partial charge is 0.195 e. The van der Waals surface area contributed by atoms with Crippen LogP contribution >= 0.6 is 12.2 Å². The zero-order chi connectivity index (χ0) is 11.8. The van der Waals surface area contributed by atoms with Crippen molar-refractivity contribution in [3.05, 3.63) is 10.6 Å². The lowest BCUT2D eigenvalue weighted by Crippen LogP contribution is -2.34. The van der Waals surface area contributed by atoms with Crippen LogP contribution in [0.4, 0.5) is 0 Å². The normalized spacial score (nSPS) is 26.3. The third-order valence-corrected chi connectivity index (χ3v) is 4.20. The Labute approximate surface area is 107 Å². The summed E-state index contributed by atoms with van der Waals surface area (Å²) in [5.74, 6) is 2.60. The third-order valence-electron chi connectivity index (χ3n) is 3.89. The van der Waals surface area contributed by atoms with E-state index in [4.69, 9.17) is 12.2 Å². The Bertz CT molecular complexity index is 446. The maximum Gasteiger partial charge on any atom is 0.195 e. The van der Waals surface area contributed by atoms with E-state index in [9.17, 15) is 0 Å². The number of piperidine rings is 1. The number of likely N-dealkylation sites (tertiary alicyclic amines) is 1. The summed E-state index contributed by atoms with van der Waals surface area (Å²) in [6.07, 6.45) is 5.20. The molecule has 5 heteroatoms. The Morgan fingerprint density at radius 1 is 1.41 bits per heavy atom. The molecule has 1 aliphatic carbocycles. The molecule has 1 aromatic rings. The van der Waals surface area contributed by atoms with Gasteiger partial charge in [0, 0.05) is 19.0 Å². The lowest BCUT2D eigenvalue weighted by molar-refractivity contribution is 0.193. The second-order valence-corrected chi connectivity index (χ2v) is 5.93. The van der Waals surface area contributed by atoms with Gasteiger partial charge in [0.05, 0.1) is 0 Å². The first-order chi connectivity index (χ1) is 8.24. The summed E-state index contributed by atoms with van der Waals surface area (Å²) in [7, 11) is 2.21. The Morgan fingerprint density at radius 2 is 2.24 bits per heavy atom. The molecular weight excluding hydrogens is 232 g/mol. The highest BCUT2D eigenvalue weighted by atomic mass is 32.1. The Balaban J connectivity index is 1.75. The van der Waals surface area contributed by atoms with Crippen molar-refractivity contribution in [3.8, 4) is 0 Å². The fourth-order valence-corrected chi connectivity index (χ4v) is 3.05. The second kappa shape index (κ2) is 4.53. The van der Waals surface area contributed by atoms with E-state index in [1.165, 1.54) is 44.6 Å². The fraction of sp³-hybridized carbons (Fsp3) is 0.833. The first-order valence-electron chi connectivity index (χ1n) is 6.57. The largest absolute Gasteiger partial charge is 0.306 e. The van der Waals surface area contributed by atoms with Crippen LogP contribution in [-0.2, 0) is 6.54 Å². The first kappa shape index (κ1) is 11.4. The number of aromatic amines is 1. The molecule has 1 atom stereocenters. The summed E-state index contributed by atoms with van der Waals surface area (Å²) >= 11 is 5.35. The Morgan fingerprint density at radius 3 is 2.94 bits per heavy atom. The molecule has 0 spiro atoms. The highest BCUT2D eigenvalue weighted by Crippen LogP contribution is 2.39. The van der Waals surface area contributed by atoms with Gasteiger partial charge in [-0.15, -0.1) is 0 Å². The predicted octanol–water partition coefficient (Wildman–Crippen LogP) is 2.16.